The molecule has 3 nitrogen and oxygen atoms in total. The van der Waals surface area contributed by atoms with Crippen LogP contribution in [-0.2, 0) is 9.53 Å². The predicted molar refractivity (Wildman–Crippen MR) is 82.8 cm³/mol. The van der Waals surface area contributed by atoms with Crippen LogP contribution >= 0.6 is 11.6 Å². The highest BCUT2D eigenvalue weighted by Gasteiger charge is 2.23. The molecule has 0 spiro atoms. The number of Topliss-reactive ketones (excluding diaryl/α,β-unsaturated/α-hetero) is 1. The zero-order chi connectivity index (χ0) is 15.4. The molecule has 0 radical (unpaired) electrons. The van der Waals surface area contributed by atoms with Crippen molar-refractivity contribution in [1.29, 1.82) is 0 Å². The maximum atomic E-state index is 11.9. The van der Waals surface area contributed by atoms with Crippen LogP contribution in [0.15, 0.2) is 18.2 Å². The molecule has 0 amide bonds. The number of ether oxygens (including phenoxy) is 1. The van der Waals surface area contributed by atoms with E-state index in [1.807, 2.05) is 6.07 Å². The van der Waals surface area contributed by atoms with E-state index in [2.05, 4.69) is 6.92 Å². The van der Waals surface area contributed by atoms with Crippen LogP contribution in [0.4, 0.5) is 0 Å². The zero-order valence-corrected chi connectivity index (χ0v) is 13.3. The first-order valence-electron chi connectivity index (χ1n) is 7.53. The summed E-state index contributed by atoms with van der Waals surface area (Å²) >= 11 is 6.32. The normalized spacial score (nSPS) is 21.9. The third kappa shape index (κ3) is 3.85. The lowest BCUT2D eigenvalue weighted by Gasteiger charge is -2.27. The zero-order valence-electron chi connectivity index (χ0n) is 12.5. The second-order valence-electron chi connectivity index (χ2n) is 5.74. The van der Waals surface area contributed by atoms with Crippen molar-refractivity contribution in [3.05, 3.63) is 34.3 Å². The molecule has 4 heteroatoms. The number of carbonyl (C=O) groups excluding carboxylic acids is 2. The Morgan fingerprint density at radius 2 is 1.90 bits per heavy atom. The molecule has 1 saturated carbocycles. The summed E-state index contributed by atoms with van der Waals surface area (Å²) in [6.45, 7) is 4.14. The van der Waals surface area contributed by atoms with Gasteiger partial charge in [0.15, 0.2) is 0 Å². The van der Waals surface area contributed by atoms with Gasteiger partial charge in [0.2, 0.25) is 0 Å². The highest BCUT2D eigenvalue weighted by Crippen LogP contribution is 2.38. The van der Waals surface area contributed by atoms with Crippen LogP contribution in [0.1, 0.15) is 61.4 Å². The molecule has 0 unspecified atom stereocenters. The van der Waals surface area contributed by atoms with E-state index in [1.165, 1.54) is 12.8 Å². The van der Waals surface area contributed by atoms with Crippen LogP contribution in [0.5, 0.6) is 0 Å². The number of halogens is 1. The average Bonchev–Trinajstić information content (AvgIpc) is 2.48. The minimum atomic E-state index is -0.826. The number of hydrogen-bond donors (Lipinski definition) is 0. The van der Waals surface area contributed by atoms with Gasteiger partial charge in [0.25, 0.3) is 5.78 Å². The molecule has 2 rings (SSSR count). The lowest BCUT2D eigenvalue weighted by molar-refractivity contribution is -0.137. The number of carbonyl (C=O) groups is 2. The van der Waals surface area contributed by atoms with Crippen LogP contribution in [0.3, 0.4) is 0 Å². The third-order valence-corrected chi connectivity index (χ3v) is 4.51. The minimum Gasteiger partial charge on any atom is -0.460 e. The molecular formula is C17H21ClO3. The van der Waals surface area contributed by atoms with Gasteiger partial charge >= 0.3 is 5.97 Å². The molecule has 1 fully saturated rings. The number of esters is 1. The Morgan fingerprint density at radius 1 is 1.24 bits per heavy atom. The summed E-state index contributed by atoms with van der Waals surface area (Å²) in [6, 6.07) is 5.15. The van der Waals surface area contributed by atoms with E-state index in [0.717, 1.165) is 24.3 Å². The van der Waals surface area contributed by atoms with Gasteiger partial charge in [0, 0.05) is 10.6 Å². The van der Waals surface area contributed by atoms with Crippen molar-refractivity contribution in [1.82, 2.24) is 0 Å². The fourth-order valence-corrected chi connectivity index (χ4v) is 3.22. The lowest BCUT2D eigenvalue weighted by atomic mass is 9.79. The Balaban J connectivity index is 2.14. The molecule has 1 aliphatic rings. The monoisotopic (exact) mass is 308 g/mol. The molecular weight excluding hydrogens is 288 g/mol. The standard InChI is InChI=1S/C17H21ClO3/c1-3-21-17(20)16(19)13-8-9-14(15(18)10-13)12-6-4-11(2)5-7-12/h8-12H,3-7H2,1-2H3. The van der Waals surface area contributed by atoms with Crippen molar-refractivity contribution < 1.29 is 14.3 Å². The summed E-state index contributed by atoms with van der Waals surface area (Å²) in [5.74, 6) is -0.222. The summed E-state index contributed by atoms with van der Waals surface area (Å²) < 4.78 is 4.72. The molecule has 1 aromatic rings. The topological polar surface area (TPSA) is 43.4 Å². The van der Waals surface area contributed by atoms with Gasteiger partial charge in [-0.2, -0.15) is 0 Å². The Hall–Kier alpha value is -1.35. The number of ketones is 1. The highest BCUT2D eigenvalue weighted by atomic mass is 35.5. The maximum absolute atomic E-state index is 11.9. The highest BCUT2D eigenvalue weighted by molar-refractivity contribution is 6.41. The molecule has 21 heavy (non-hydrogen) atoms. The molecule has 0 N–H and O–H groups in total. The van der Waals surface area contributed by atoms with Gasteiger partial charge in [0.1, 0.15) is 0 Å². The SMILES string of the molecule is CCOC(=O)C(=O)c1ccc(C2CCC(C)CC2)c(Cl)c1. The van der Waals surface area contributed by atoms with Crippen molar-refractivity contribution in [2.75, 3.05) is 6.61 Å². The van der Waals surface area contributed by atoms with Crippen molar-refractivity contribution in [2.45, 2.75) is 45.4 Å². The van der Waals surface area contributed by atoms with Gasteiger partial charge in [-0.1, -0.05) is 43.5 Å². The fraction of sp³-hybridized carbons (Fsp3) is 0.529. The second-order valence-corrected chi connectivity index (χ2v) is 6.15. The Bertz CT molecular complexity index is 531. The van der Waals surface area contributed by atoms with E-state index in [1.54, 1.807) is 19.1 Å². The summed E-state index contributed by atoms with van der Waals surface area (Å²) in [5.41, 5.74) is 1.38. The van der Waals surface area contributed by atoms with Crippen molar-refractivity contribution in [3.63, 3.8) is 0 Å². The first kappa shape index (κ1) is 16.0. The summed E-state index contributed by atoms with van der Waals surface area (Å²) in [6.07, 6.45) is 4.69. The third-order valence-electron chi connectivity index (χ3n) is 4.18. The van der Waals surface area contributed by atoms with Crippen molar-refractivity contribution >= 4 is 23.4 Å². The van der Waals surface area contributed by atoms with Crippen LogP contribution in [0, 0.1) is 5.92 Å². The van der Waals surface area contributed by atoms with E-state index in [-0.39, 0.29) is 6.61 Å². The average molecular weight is 309 g/mol. The summed E-state index contributed by atoms with van der Waals surface area (Å²) in [5, 5.41) is 0.574. The molecule has 0 atom stereocenters. The van der Waals surface area contributed by atoms with E-state index in [9.17, 15) is 9.59 Å². The number of benzene rings is 1. The summed E-state index contributed by atoms with van der Waals surface area (Å²) in [7, 11) is 0. The molecule has 0 aromatic heterocycles. The maximum Gasteiger partial charge on any atom is 0.379 e. The van der Waals surface area contributed by atoms with Gasteiger partial charge in [0.05, 0.1) is 6.61 Å². The van der Waals surface area contributed by atoms with Crippen LogP contribution in [-0.4, -0.2) is 18.4 Å². The largest absolute Gasteiger partial charge is 0.460 e. The summed E-state index contributed by atoms with van der Waals surface area (Å²) in [4.78, 5) is 23.3. The van der Waals surface area contributed by atoms with Gasteiger partial charge in [-0.25, -0.2) is 4.79 Å². The van der Waals surface area contributed by atoms with Gasteiger partial charge in [-0.15, -0.1) is 0 Å². The smallest absolute Gasteiger partial charge is 0.379 e. The first-order chi connectivity index (χ1) is 10.0. The van der Waals surface area contributed by atoms with Crippen molar-refractivity contribution in [3.8, 4) is 0 Å². The Morgan fingerprint density at radius 3 is 2.48 bits per heavy atom. The molecule has 0 heterocycles. The molecule has 1 aromatic carbocycles. The van der Waals surface area contributed by atoms with Crippen molar-refractivity contribution in [2.24, 2.45) is 5.92 Å². The fourth-order valence-electron chi connectivity index (χ4n) is 2.89. The quantitative estimate of drug-likeness (QED) is 0.471. The van der Waals surface area contributed by atoms with Gasteiger partial charge in [-0.3, -0.25) is 4.79 Å². The lowest BCUT2D eigenvalue weighted by Crippen LogP contribution is -2.18. The number of rotatable bonds is 4. The van der Waals surface area contributed by atoms with Gasteiger partial charge < -0.3 is 4.74 Å². The van der Waals surface area contributed by atoms with Crippen LogP contribution < -0.4 is 0 Å². The molecule has 1 aliphatic carbocycles. The van der Waals surface area contributed by atoms with Crippen LogP contribution in [0.25, 0.3) is 0 Å². The van der Waals surface area contributed by atoms with Crippen LogP contribution in [0.2, 0.25) is 5.02 Å². The van der Waals surface area contributed by atoms with E-state index in [4.69, 9.17) is 16.3 Å². The first-order valence-corrected chi connectivity index (χ1v) is 7.91. The number of hydrogen-bond acceptors (Lipinski definition) is 3. The van der Waals surface area contributed by atoms with E-state index < -0.39 is 11.8 Å². The predicted octanol–water partition coefficient (Wildman–Crippen LogP) is 4.38. The molecule has 114 valence electrons. The van der Waals surface area contributed by atoms with E-state index >= 15 is 0 Å². The van der Waals surface area contributed by atoms with E-state index in [0.29, 0.717) is 16.5 Å². The Labute approximate surface area is 130 Å². The minimum absolute atomic E-state index is 0.191. The second kappa shape index (κ2) is 7.08. The Kier molecular flexibility index (Phi) is 5.40. The molecule has 0 saturated heterocycles. The van der Waals surface area contributed by atoms with Gasteiger partial charge in [-0.05, 0) is 43.2 Å². The molecule has 0 aliphatic heterocycles. The molecule has 0 bridgehead atoms.